The van der Waals surface area contributed by atoms with Crippen LogP contribution in [-0.4, -0.2) is 29.3 Å². The molecule has 1 aliphatic rings. The molecule has 2 atom stereocenters. The Morgan fingerprint density at radius 2 is 1.81 bits per heavy atom. The molecule has 1 N–H and O–H groups in total. The minimum Gasteiger partial charge on any atom is -0.490 e. The topological polar surface area (TPSA) is 32.7 Å². The van der Waals surface area contributed by atoms with Gasteiger partial charge in [0.15, 0.2) is 0 Å². The van der Waals surface area contributed by atoms with Gasteiger partial charge in [0.25, 0.3) is 0 Å². The van der Waals surface area contributed by atoms with Crippen LogP contribution in [0.15, 0.2) is 54.6 Å². The number of aliphatic hydroxyl groups excluding tert-OH is 1. The summed E-state index contributed by atoms with van der Waals surface area (Å²) in [6, 6.07) is 18.4. The molecule has 0 amide bonds. The van der Waals surface area contributed by atoms with Crippen LogP contribution in [0.25, 0.3) is 0 Å². The monoisotopic (exact) mass is 283 g/mol. The average molecular weight is 283 g/mol. The highest BCUT2D eigenvalue weighted by atomic mass is 16.5. The summed E-state index contributed by atoms with van der Waals surface area (Å²) in [7, 11) is 0. The smallest absolute Gasteiger partial charge is 0.124 e. The number of benzene rings is 2. The van der Waals surface area contributed by atoms with Gasteiger partial charge in [-0.15, -0.1) is 0 Å². The second-order valence-electron chi connectivity index (χ2n) is 5.41. The van der Waals surface area contributed by atoms with Gasteiger partial charge >= 0.3 is 0 Å². The van der Waals surface area contributed by atoms with E-state index < -0.39 is 6.10 Å². The van der Waals surface area contributed by atoms with Gasteiger partial charge in [0, 0.05) is 12.1 Å². The molecule has 0 aromatic heterocycles. The standard InChI is InChI=1S/C18H21NO2/c1-2-19(12-14-8-4-3-5-9-14)18-15-10-6-7-11-17(15)21-13-16(18)20/h3-11,16,18,20H,2,12-13H2,1H3. The number of hydrogen-bond acceptors (Lipinski definition) is 3. The lowest BCUT2D eigenvalue weighted by Crippen LogP contribution is -2.41. The summed E-state index contributed by atoms with van der Waals surface area (Å²) in [5.41, 5.74) is 2.34. The lowest BCUT2D eigenvalue weighted by atomic mass is 9.96. The van der Waals surface area contributed by atoms with E-state index in [0.29, 0.717) is 6.61 Å². The Labute approximate surface area is 125 Å². The van der Waals surface area contributed by atoms with Gasteiger partial charge < -0.3 is 9.84 Å². The summed E-state index contributed by atoms with van der Waals surface area (Å²) in [5, 5.41) is 10.4. The number of rotatable bonds is 4. The van der Waals surface area contributed by atoms with Gasteiger partial charge in [0.1, 0.15) is 18.5 Å². The molecule has 2 unspecified atom stereocenters. The number of fused-ring (bicyclic) bond motifs is 1. The van der Waals surface area contributed by atoms with E-state index in [1.807, 2.05) is 24.3 Å². The molecular formula is C18H21NO2. The molecule has 0 spiro atoms. The van der Waals surface area contributed by atoms with Crippen molar-refractivity contribution in [3.63, 3.8) is 0 Å². The van der Waals surface area contributed by atoms with E-state index in [-0.39, 0.29) is 6.04 Å². The van der Waals surface area contributed by atoms with Gasteiger partial charge in [-0.3, -0.25) is 4.90 Å². The average Bonchev–Trinajstić information content (AvgIpc) is 2.54. The quantitative estimate of drug-likeness (QED) is 0.936. The van der Waals surface area contributed by atoms with Gasteiger partial charge in [0.2, 0.25) is 0 Å². The van der Waals surface area contributed by atoms with Gasteiger partial charge in [-0.25, -0.2) is 0 Å². The van der Waals surface area contributed by atoms with Crippen LogP contribution < -0.4 is 4.74 Å². The molecular weight excluding hydrogens is 262 g/mol. The summed E-state index contributed by atoms with van der Waals surface area (Å²) >= 11 is 0. The number of aliphatic hydroxyl groups is 1. The molecule has 2 aromatic rings. The van der Waals surface area contributed by atoms with Crippen LogP contribution in [0.1, 0.15) is 24.1 Å². The zero-order valence-electron chi connectivity index (χ0n) is 12.3. The lowest BCUT2D eigenvalue weighted by Gasteiger charge is -2.38. The number of para-hydroxylation sites is 1. The Hall–Kier alpha value is -1.84. The molecule has 0 radical (unpaired) electrons. The highest BCUT2D eigenvalue weighted by Gasteiger charge is 2.33. The maximum atomic E-state index is 10.4. The predicted octanol–water partition coefficient (Wildman–Crippen LogP) is 3.00. The van der Waals surface area contributed by atoms with E-state index in [0.717, 1.165) is 24.4 Å². The third kappa shape index (κ3) is 2.94. The summed E-state index contributed by atoms with van der Waals surface area (Å²) in [6.07, 6.45) is -0.497. The highest BCUT2D eigenvalue weighted by molar-refractivity contribution is 5.38. The Balaban J connectivity index is 1.89. The number of ether oxygens (including phenoxy) is 1. The molecule has 0 aliphatic carbocycles. The maximum absolute atomic E-state index is 10.4. The third-order valence-corrected chi connectivity index (χ3v) is 4.04. The van der Waals surface area contributed by atoms with Crippen molar-refractivity contribution in [3.05, 3.63) is 65.7 Å². The van der Waals surface area contributed by atoms with E-state index >= 15 is 0 Å². The Morgan fingerprint density at radius 1 is 1.10 bits per heavy atom. The second kappa shape index (κ2) is 6.29. The van der Waals surface area contributed by atoms with E-state index in [2.05, 4.69) is 42.2 Å². The second-order valence-corrected chi connectivity index (χ2v) is 5.41. The van der Waals surface area contributed by atoms with Crippen LogP contribution >= 0.6 is 0 Å². The van der Waals surface area contributed by atoms with Crippen LogP contribution in [0.4, 0.5) is 0 Å². The summed E-state index contributed by atoms with van der Waals surface area (Å²) in [6.45, 7) is 4.19. The van der Waals surface area contributed by atoms with Crippen molar-refractivity contribution in [1.82, 2.24) is 4.90 Å². The minimum absolute atomic E-state index is 0.0137. The summed E-state index contributed by atoms with van der Waals surface area (Å²) in [4.78, 5) is 2.31. The first kappa shape index (κ1) is 14.1. The van der Waals surface area contributed by atoms with E-state index in [1.165, 1.54) is 5.56 Å². The first-order chi connectivity index (χ1) is 10.3. The van der Waals surface area contributed by atoms with Crippen LogP contribution in [0, 0.1) is 0 Å². The van der Waals surface area contributed by atoms with Crippen molar-refractivity contribution in [2.45, 2.75) is 25.6 Å². The van der Waals surface area contributed by atoms with Gasteiger partial charge in [-0.05, 0) is 18.2 Å². The molecule has 1 aliphatic heterocycles. The molecule has 3 nitrogen and oxygen atoms in total. The largest absolute Gasteiger partial charge is 0.490 e. The van der Waals surface area contributed by atoms with Crippen LogP contribution in [0.5, 0.6) is 5.75 Å². The molecule has 3 heteroatoms. The predicted molar refractivity (Wildman–Crippen MR) is 83.2 cm³/mol. The maximum Gasteiger partial charge on any atom is 0.124 e. The third-order valence-electron chi connectivity index (χ3n) is 4.04. The van der Waals surface area contributed by atoms with E-state index in [9.17, 15) is 5.11 Å². The molecule has 0 fully saturated rings. The summed E-state index contributed by atoms with van der Waals surface area (Å²) in [5.74, 6) is 0.888. The van der Waals surface area contributed by atoms with E-state index in [4.69, 9.17) is 4.74 Å². The van der Waals surface area contributed by atoms with Crippen molar-refractivity contribution < 1.29 is 9.84 Å². The van der Waals surface area contributed by atoms with Gasteiger partial charge in [-0.2, -0.15) is 0 Å². The lowest BCUT2D eigenvalue weighted by molar-refractivity contribution is -0.00150. The first-order valence-corrected chi connectivity index (χ1v) is 7.47. The molecule has 0 bridgehead atoms. The fourth-order valence-corrected chi connectivity index (χ4v) is 2.99. The fourth-order valence-electron chi connectivity index (χ4n) is 2.99. The fraction of sp³-hybridized carbons (Fsp3) is 0.333. The summed E-state index contributed by atoms with van der Waals surface area (Å²) < 4.78 is 5.63. The van der Waals surface area contributed by atoms with Gasteiger partial charge in [0.05, 0.1) is 6.04 Å². The SMILES string of the molecule is CCN(Cc1ccccc1)C1c2ccccc2OCC1O. The Bertz CT molecular complexity index is 585. The first-order valence-electron chi connectivity index (χ1n) is 7.47. The normalized spacial score (nSPS) is 20.9. The van der Waals surface area contributed by atoms with Crippen LogP contribution in [0.2, 0.25) is 0 Å². The number of hydrogen-bond donors (Lipinski definition) is 1. The molecule has 0 saturated heterocycles. The van der Waals surface area contributed by atoms with Crippen molar-refractivity contribution >= 4 is 0 Å². The number of nitrogens with zero attached hydrogens (tertiary/aromatic N) is 1. The molecule has 110 valence electrons. The molecule has 1 heterocycles. The molecule has 2 aromatic carbocycles. The molecule has 0 saturated carbocycles. The van der Waals surface area contributed by atoms with Crippen molar-refractivity contribution in [3.8, 4) is 5.75 Å². The van der Waals surface area contributed by atoms with Crippen molar-refractivity contribution in [2.24, 2.45) is 0 Å². The zero-order chi connectivity index (χ0) is 14.7. The Morgan fingerprint density at radius 3 is 2.57 bits per heavy atom. The van der Waals surface area contributed by atoms with Crippen LogP contribution in [-0.2, 0) is 6.54 Å². The van der Waals surface area contributed by atoms with Crippen LogP contribution in [0.3, 0.4) is 0 Å². The number of likely N-dealkylation sites (N-methyl/N-ethyl adjacent to an activating group) is 1. The van der Waals surface area contributed by atoms with Gasteiger partial charge in [-0.1, -0.05) is 55.5 Å². The van der Waals surface area contributed by atoms with Crippen molar-refractivity contribution in [1.29, 1.82) is 0 Å². The minimum atomic E-state index is -0.497. The molecule has 3 rings (SSSR count). The Kier molecular flexibility index (Phi) is 4.23. The zero-order valence-corrected chi connectivity index (χ0v) is 12.3. The van der Waals surface area contributed by atoms with E-state index in [1.54, 1.807) is 0 Å². The highest BCUT2D eigenvalue weighted by Crippen LogP contribution is 2.36. The molecule has 21 heavy (non-hydrogen) atoms. The van der Waals surface area contributed by atoms with Crippen molar-refractivity contribution in [2.75, 3.05) is 13.2 Å².